The molecule has 0 amide bonds. The Labute approximate surface area is 137 Å². The van der Waals surface area contributed by atoms with Crippen LogP contribution in [0.3, 0.4) is 0 Å². The maximum Gasteiger partial charge on any atom is 0.422 e. The maximum atomic E-state index is 12.2. The van der Waals surface area contributed by atoms with E-state index in [9.17, 15) is 21.6 Å². The Morgan fingerprint density at radius 2 is 1.86 bits per heavy atom. The second-order valence-electron chi connectivity index (χ2n) is 4.06. The number of rotatable bonds is 5. The fourth-order valence-corrected chi connectivity index (χ4v) is 4.55. The second kappa shape index (κ2) is 6.47. The molecule has 1 N–H and O–H groups in total. The van der Waals surface area contributed by atoms with Crippen LogP contribution in [0.25, 0.3) is 0 Å². The molecule has 0 bridgehead atoms. The quantitative estimate of drug-likeness (QED) is 0.793. The van der Waals surface area contributed by atoms with Crippen LogP contribution in [0.5, 0.6) is 5.75 Å². The van der Waals surface area contributed by atoms with Crippen molar-refractivity contribution >= 4 is 43.0 Å². The molecular formula is C12H9BrF3NO3S2. The number of anilines is 1. The molecule has 4 nitrogen and oxygen atoms in total. The number of sulfonamides is 1. The fourth-order valence-electron chi connectivity index (χ4n) is 1.47. The van der Waals surface area contributed by atoms with E-state index in [-0.39, 0.29) is 15.6 Å². The van der Waals surface area contributed by atoms with Crippen molar-refractivity contribution in [3.8, 4) is 5.75 Å². The van der Waals surface area contributed by atoms with E-state index in [4.69, 9.17) is 0 Å². The Morgan fingerprint density at radius 3 is 2.45 bits per heavy atom. The highest BCUT2D eigenvalue weighted by atomic mass is 79.9. The van der Waals surface area contributed by atoms with Crippen molar-refractivity contribution in [2.45, 2.75) is 10.4 Å². The summed E-state index contributed by atoms with van der Waals surface area (Å²) >= 11 is 4.13. The Balaban J connectivity index is 2.23. The van der Waals surface area contributed by atoms with E-state index in [0.29, 0.717) is 3.79 Å². The van der Waals surface area contributed by atoms with Gasteiger partial charge in [0.2, 0.25) is 0 Å². The topological polar surface area (TPSA) is 55.4 Å². The highest BCUT2D eigenvalue weighted by Crippen LogP contribution is 2.31. The molecule has 1 heterocycles. The Hall–Kier alpha value is -1.26. The molecule has 0 saturated heterocycles. The van der Waals surface area contributed by atoms with Crippen LogP contribution in [0.2, 0.25) is 0 Å². The third-order valence-electron chi connectivity index (χ3n) is 2.34. The normalized spacial score (nSPS) is 12.2. The van der Waals surface area contributed by atoms with Gasteiger partial charge in [0.15, 0.2) is 6.61 Å². The number of hydrogen-bond acceptors (Lipinski definition) is 4. The van der Waals surface area contributed by atoms with Crippen LogP contribution in [0.1, 0.15) is 0 Å². The lowest BCUT2D eigenvalue weighted by Crippen LogP contribution is -2.20. The predicted molar refractivity (Wildman–Crippen MR) is 80.8 cm³/mol. The van der Waals surface area contributed by atoms with Gasteiger partial charge in [0.05, 0.1) is 9.47 Å². The van der Waals surface area contributed by atoms with Crippen LogP contribution in [0.15, 0.2) is 44.4 Å². The third kappa shape index (κ3) is 4.62. The van der Waals surface area contributed by atoms with Crippen LogP contribution in [-0.2, 0) is 10.0 Å². The van der Waals surface area contributed by atoms with E-state index in [1.807, 2.05) is 0 Å². The van der Waals surface area contributed by atoms with Crippen LogP contribution in [0.4, 0.5) is 18.9 Å². The van der Waals surface area contributed by atoms with Gasteiger partial charge in [0.25, 0.3) is 10.0 Å². The van der Waals surface area contributed by atoms with Crippen LogP contribution >= 0.6 is 27.3 Å². The lowest BCUT2D eigenvalue weighted by atomic mass is 10.3. The third-order valence-corrected chi connectivity index (χ3v) is 5.82. The highest BCUT2D eigenvalue weighted by molar-refractivity contribution is 9.11. The van der Waals surface area contributed by atoms with Gasteiger partial charge in [-0.2, -0.15) is 13.2 Å². The standard InChI is InChI=1S/C12H9BrF3NO3S2/c13-10-5-6-11(21-10)22(18,19)17-8-3-1-2-4-9(8)20-7-12(14,15)16/h1-6,17H,7H2. The molecule has 10 heteroatoms. The second-order valence-corrected chi connectivity index (χ2v) is 8.44. The van der Waals surface area contributed by atoms with Crippen molar-refractivity contribution in [1.82, 2.24) is 0 Å². The molecule has 1 aromatic carbocycles. The average Bonchev–Trinajstić information content (AvgIpc) is 2.84. The zero-order valence-electron chi connectivity index (χ0n) is 10.7. The minimum absolute atomic E-state index is 0.0324. The number of thiophene rings is 1. The minimum Gasteiger partial charge on any atom is -0.482 e. The Kier molecular flexibility index (Phi) is 5.03. The van der Waals surface area contributed by atoms with Gasteiger partial charge < -0.3 is 4.74 Å². The largest absolute Gasteiger partial charge is 0.482 e. The number of alkyl halides is 3. The summed E-state index contributed by atoms with van der Waals surface area (Å²) < 4.78 is 68.5. The van der Waals surface area contributed by atoms with Gasteiger partial charge in [-0.3, -0.25) is 4.72 Å². The number of benzene rings is 1. The molecule has 22 heavy (non-hydrogen) atoms. The van der Waals surface area contributed by atoms with Crippen LogP contribution in [0, 0.1) is 0 Å². The molecule has 0 aliphatic heterocycles. The number of halogens is 4. The number of hydrogen-bond donors (Lipinski definition) is 1. The van der Waals surface area contributed by atoms with Gasteiger partial charge in [-0.1, -0.05) is 12.1 Å². The van der Waals surface area contributed by atoms with Crippen LogP contribution < -0.4 is 9.46 Å². The average molecular weight is 416 g/mol. The predicted octanol–water partition coefficient (Wildman–Crippen LogP) is 4.25. The van der Waals surface area contributed by atoms with Crippen LogP contribution in [-0.4, -0.2) is 21.2 Å². The van der Waals surface area contributed by atoms with Crippen molar-refractivity contribution < 1.29 is 26.3 Å². The van der Waals surface area contributed by atoms with E-state index in [2.05, 4.69) is 25.4 Å². The van der Waals surface area contributed by atoms with Crippen molar-refractivity contribution in [1.29, 1.82) is 0 Å². The summed E-state index contributed by atoms with van der Waals surface area (Å²) in [6.45, 7) is -1.50. The van der Waals surface area contributed by atoms with Crippen molar-refractivity contribution in [3.63, 3.8) is 0 Å². The highest BCUT2D eigenvalue weighted by Gasteiger charge is 2.29. The fraction of sp³-hybridized carbons (Fsp3) is 0.167. The summed E-state index contributed by atoms with van der Waals surface area (Å²) in [5.74, 6) is -0.195. The van der Waals surface area contributed by atoms with E-state index in [1.165, 1.54) is 30.3 Å². The molecule has 2 rings (SSSR count). The summed E-state index contributed by atoms with van der Waals surface area (Å²) in [6, 6.07) is 8.47. The van der Waals surface area contributed by atoms with Gasteiger partial charge in [-0.15, -0.1) is 11.3 Å². The van der Waals surface area contributed by atoms with Crippen molar-refractivity contribution in [2.24, 2.45) is 0 Å². The van der Waals surface area contributed by atoms with E-state index >= 15 is 0 Å². The van der Waals surface area contributed by atoms with Gasteiger partial charge in [0, 0.05) is 0 Å². The molecule has 0 saturated carbocycles. The SMILES string of the molecule is O=S(=O)(Nc1ccccc1OCC(F)(F)F)c1ccc(Br)s1. The summed E-state index contributed by atoms with van der Waals surface area (Å²) in [6.07, 6.45) is -4.51. The first kappa shape index (κ1) is 17.1. The number of para-hydroxylation sites is 2. The zero-order valence-corrected chi connectivity index (χ0v) is 13.9. The van der Waals surface area contributed by atoms with Gasteiger partial charge in [0.1, 0.15) is 9.96 Å². The van der Waals surface area contributed by atoms with E-state index < -0.39 is 22.8 Å². The lowest BCUT2D eigenvalue weighted by molar-refractivity contribution is -0.153. The summed E-state index contributed by atoms with van der Waals surface area (Å²) in [7, 11) is -3.89. The first-order valence-electron chi connectivity index (χ1n) is 5.74. The monoisotopic (exact) mass is 415 g/mol. The van der Waals surface area contributed by atoms with Gasteiger partial charge in [-0.05, 0) is 40.2 Å². The molecule has 0 fully saturated rings. The Morgan fingerprint density at radius 1 is 1.18 bits per heavy atom. The zero-order chi connectivity index (χ0) is 16.4. The summed E-state index contributed by atoms with van der Waals surface area (Å²) in [5.41, 5.74) is -0.0590. The molecule has 1 aromatic heterocycles. The van der Waals surface area contributed by atoms with Gasteiger partial charge >= 0.3 is 6.18 Å². The lowest BCUT2D eigenvalue weighted by Gasteiger charge is -2.14. The van der Waals surface area contributed by atoms with Crippen molar-refractivity contribution in [2.75, 3.05) is 11.3 Å². The number of ether oxygens (including phenoxy) is 1. The van der Waals surface area contributed by atoms with Gasteiger partial charge in [-0.25, -0.2) is 8.42 Å². The summed E-state index contributed by atoms with van der Waals surface area (Å²) in [5, 5.41) is 0. The smallest absolute Gasteiger partial charge is 0.422 e. The summed E-state index contributed by atoms with van der Waals surface area (Å²) in [4.78, 5) is 0. The first-order chi connectivity index (χ1) is 10.2. The molecule has 2 aromatic rings. The molecule has 0 unspecified atom stereocenters. The van der Waals surface area contributed by atoms with E-state index in [0.717, 1.165) is 11.3 Å². The van der Waals surface area contributed by atoms with E-state index in [1.54, 1.807) is 6.07 Å². The molecular weight excluding hydrogens is 407 g/mol. The Bertz CT molecular complexity index is 759. The number of nitrogens with one attached hydrogen (secondary N) is 1. The first-order valence-corrected chi connectivity index (χ1v) is 8.83. The molecule has 0 spiro atoms. The molecule has 0 atom stereocenters. The molecule has 120 valence electrons. The molecule has 0 aliphatic rings. The molecule has 0 radical (unpaired) electrons. The minimum atomic E-state index is -4.51. The molecule has 0 aliphatic carbocycles. The van der Waals surface area contributed by atoms with Crippen molar-refractivity contribution in [3.05, 3.63) is 40.2 Å². The maximum absolute atomic E-state index is 12.2.